The van der Waals surface area contributed by atoms with Gasteiger partial charge in [-0.3, -0.25) is 9.59 Å². The predicted molar refractivity (Wildman–Crippen MR) is 103 cm³/mol. The summed E-state index contributed by atoms with van der Waals surface area (Å²) in [5.74, 6) is -0.247. The average Bonchev–Trinajstić information content (AvgIpc) is 2.61. The third kappa shape index (κ3) is 6.33. The molecule has 0 radical (unpaired) electrons. The fraction of sp³-hybridized carbons (Fsp3) is 0.333. The zero-order valence-electron chi connectivity index (χ0n) is 15.6. The largest absolute Gasteiger partial charge is 0.349 e. The fourth-order valence-electron chi connectivity index (χ4n) is 2.91. The van der Waals surface area contributed by atoms with E-state index in [4.69, 9.17) is 0 Å². The number of amides is 2. The number of nitrogens with one attached hydrogen (secondary N) is 2. The number of likely N-dealkylation sites (N-methyl/N-ethyl adjacent to an activating group) is 1. The quantitative estimate of drug-likeness (QED) is 0.767. The maximum Gasteiger partial charge on any atom is 0.222 e. The van der Waals surface area contributed by atoms with Crippen LogP contribution in [-0.4, -0.2) is 37.4 Å². The Morgan fingerprint density at radius 3 is 1.81 bits per heavy atom. The van der Waals surface area contributed by atoms with Crippen molar-refractivity contribution in [3.8, 4) is 0 Å². The molecule has 0 saturated heterocycles. The molecule has 0 aromatic heterocycles. The van der Waals surface area contributed by atoms with Crippen molar-refractivity contribution in [2.75, 3.05) is 20.6 Å². The van der Waals surface area contributed by atoms with Crippen molar-refractivity contribution in [1.29, 1.82) is 0 Å². The Hall–Kier alpha value is -2.66. The predicted octanol–water partition coefficient (Wildman–Crippen LogP) is 2.67. The second kappa shape index (κ2) is 9.73. The lowest BCUT2D eigenvalue weighted by Gasteiger charge is -2.24. The van der Waals surface area contributed by atoms with Gasteiger partial charge in [0.1, 0.15) is 0 Å². The van der Waals surface area contributed by atoms with Crippen LogP contribution in [0.4, 0.5) is 0 Å². The molecule has 0 saturated carbocycles. The van der Waals surface area contributed by atoms with Crippen molar-refractivity contribution in [3.63, 3.8) is 0 Å². The van der Waals surface area contributed by atoms with Crippen molar-refractivity contribution in [3.05, 3.63) is 71.8 Å². The monoisotopic (exact) mass is 353 g/mol. The molecule has 2 amide bonds. The molecule has 0 aliphatic carbocycles. The van der Waals surface area contributed by atoms with Gasteiger partial charge >= 0.3 is 0 Å². The van der Waals surface area contributed by atoms with E-state index < -0.39 is 0 Å². The molecular weight excluding hydrogens is 326 g/mol. The number of hydrogen-bond donors (Lipinski definition) is 2. The minimum Gasteiger partial charge on any atom is -0.349 e. The zero-order chi connectivity index (χ0) is 18.9. The Kier molecular flexibility index (Phi) is 7.36. The molecule has 2 aromatic carbocycles. The first kappa shape index (κ1) is 19.7. The molecule has 5 heteroatoms. The number of carbonyl (C=O) groups excluding carboxylic acids is 2. The molecule has 0 aliphatic rings. The molecule has 0 heterocycles. The van der Waals surface area contributed by atoms with Crippen molar-refractivity contribution in [2.24, 2.45) is 0 Å². The Labute approximate surface area is 155 Å². The summed E-state index contributed by atoms with van der Waals surface area (Å²) >= 11 is 0. The Balaban J connectivity index is 2.10. The highest BCUT2D eigenvalue weighted by atomic mass is 16.2. The topological polar surface area (TPSA) is 61.4 Å². The van der Waals surface area contributed by atoms with Crippen LogP contribution < -0.4 is 10.6 Å². The van der Waals surface area contributed by atoms with Gasteiger partial charge in [0, 0.05) is 13.5 Å². The first-order chi connectivity index (χ1) is 12.5. The summed E-state index contributed by atoms with van der Waals surface area (Å²) in [6.45, 7) is 2.17. The van der Waals surface area contributed by atoms with Crippen LogP contribution in [0.25, 0.3) is 0 Å². The first-order valence-electron chi connectivity index (χ1n) is 8.77. The summed E-state index contributed by atoms with van der Waals surface area (Å²) in [7, 11) is 3.96. The zero-order valence-corrected chi connectivity index (χ0v) is 15.6. The van der Waals surface area contributed by atoms with Gasteiger partial charge in [-0.1, -0.05) is 60.7 Å². The lowest BCUT2D eigenvalue weighted by Crippen LogP contribution is -2.38. The molecule has 2 atom stereocenters. The fourth-order valence-corrected chi connectivity index (χ4v) is 2.91. The van der Waals surface area contributed by atoms with Gasteiger partial charge in [0.15, 0.2) is 0 Å². The van der Waals surface area contributed by atoms with E-state index in [1.54, 1.807) is 0 Å². The molecule has 0 fully saturated rings. The minimum atomic E-state index is -0.343. The minimum absolute atomic E-state index is 0.0942. The number of nitrogens with zero attached hydrogens (tertiary/aromatic N) is 1. The van der Waals surface area contributed by atoms with Gasteiger partial charge in [-0.25, -0.2) is 0 Å². The smallest absolute Gasteiger partial charge is 0.222 e. The standard InChI is InChI=1S/C21H27N3O2/c1-16(25)22-19(17-10-6-4-7-11-17)14-21(26)23-20(15-24(2)3)18-12-8-5-9-13-18/h4-13,19-20H,14-15H2,1-3H3,(H,22,25)(H,23,26)/t19-,20+/m0/s1. The maximum atomic E-state index is 12.7. The molecule has 138 valence electrons. The summed E-state index contributed by atoms with van der Waals surface area (Å²) in [5, 5.41) is 5.98. The Morgan fingerprint density at radius 1 is 0.846 bits per heavy atom. The highest BCUT2D eigenvalue weighted by Crippen LogP contribution is 2.18. The molecule has 26 heavy (non-hydrogen) atoms. The van der Waals surface area contributed by atoms with Crippen LogP contribution in [0.3, 0.4) is 0 Å². The molecule has 0 bridgehead atoms. The van der Waals surface area contributed by atoms with Crippen LogP contribution in [0.1, 0.15) is 36.6 Å². The van der Waals surface area contributed by atoms with E-state index in [9.17, 15) is 9.59 Å². The second-order valence-electron chi connectivity index (χ2n) is 6.66. The van der Waals surface area contributed by atoms with E-state index in [1.807, 2.05) is 79.7 Å². The van der Waals surface area contributed by atoms with Crippen molar-refractivity contribution in [1.82, 2.24) is 15.5 Å². The second-order valence-corrected chi connectivity index (χ2v) is 6.66. The first-order valence-corrected chi connectivity index (χ1v) is 8.77. The van der Waals surface area contributed by atoms with Gasteiger partial charge in [0.2, 0.25) is 11.8 Å². The average molecular weight is 353 g/mol. The van der Waals surface area contributed by atoms with E-state index >= 15 is 0 Å². The van der Waals surface area contributed by atoms with Crippen molar-refractivity contribution < 1.29 is 9.59 Å². The van der Waals surface area contributed by atoms with E-state index in [1.165, 1.54) is 6.92 Å². The van der Waals surface area contributed by atoms with Crippen molar-refractivity contribution in [2.45, 2.75) is 25.4 Å². The number of hydrogen-bond acceptors (Lipinski definition) is 3. The number of benzene rings is 2. The van der Waals surface area contributed by atoms with Crippen LogP contribution in [0.2, 0.25) is 0 Å². The molecular formula is C21H27N3O2. The Bertz CT molecular complexity index is 702. The molecule has 0 unspecified atom stereocenters. The highest BCUT2D eigenvalue weighted by molar-refractivity contribution is 5.79. The molecule has 0 spiro atoms. The number of rotatable bonds is 8. The van der Waals surface area contributed by atoms with Crippen LogP contribution in [0, 0.1) is 0 Å². The van der Waals surface area contributed by atoms with E-state index in [-0.39, 0.29) is 30.3 Å². The van der Waals surface area contributed by atoms with Gasteiger partial charge in [0.05, 0.1) is 18.5 Å². The SMILES string of the molecule is CC(=O)N[C@@H](CC(=O)N[C@H](CN(C)C)c1ccccc1)c1ccccc1. The van der Waals surface area contributed by atoms with Crippen LogP contribution >= 0.6 is 0 Å². The van der Waals surface area contributed by atoms with Gasteiger partial charge < -0.3 is 15.5 Å². The van der Waals surface area contributed by atoms with Gasteiger partial charge in [-0.15, -0.1) is 0 Å². The lowest BCUT2D eigenvalue weighted by atomic mass is 10.0. The van der Waals surface area contributed by atoms with Gasteiger partial charge in [0.25, 0.3) is 0 Å². The molecule has 2 rings (SSSR count). The van der Waals surface area contributed by atoms with Gasteiger partial charge in [-0.2, -0.15) is 0 Å². The van der Waals surface area contributed by atoms with E-state index in [0.29, 0.717) is 6.54 Å². The summed E-state index contributed by atoms with van der Waals surface area (Å²) in [6.07, 6.45) is 0.195. The normalized spacial score (nSPS) is 13.1. The van der Waals surface area contributed by atoms with E-state index in [0.717, 1.165) is 11.1 Å². The molecule has 2 aromatic rings. The summed E-state index contributed by atoms with van der Waals surface area (Å²) in [4.78, 5) is 26.3. The van der Waals surface area contributed by atoms with E-state index in [2.05, 4.69) is 10.6 Å². The molecule has 5 nitrogen and oxygen atoms in total. The van der Waals surface area contributed by atoms with Gasteiger partial charge in [-0.05, 0) is 25.2 Å². The third-order valence-electron chi connectivity index (χ3n) is 4.05. The number of carbonyl (C=O) groups is 2. The third-order valence-corrected chi connectivity index (χ3v) is 4.05. The Morgan fingerprint density at radius 2 is 1.35 bits per heavy atom. The molecule has 0 aliphatic heterocycles. The lowest BCUT2D eigenvalue weighted by molar-refractivity contribution is -0.123. The summed E-state index contributed by atoms with van der Waals surface area (Å²) in [5.41, 5.74) is 1.98. The van der Waals surface area contributed by atoms with Crippen LogP contribution in [0.5, 0.6) is 0 Å². The molecule has 2 N–H and O–H groups in total. The van der Waals surface area contributed by atoms with Crippen molar-refractivity contribution >= 4 is 11.8 Å². The maximum absolute atomic E-state index is 12.7. The van der Waals surface area contributed by atoms with Crippen LogP contribution in [-0.2, 0) is 9.59 Å². The summed E-state index contributed by atoms with van der Waals surface area (Å²) in [6, 6.07) is 19.0. The van der Waals surface area contributed by atoms with Crippen LogP contribution in [0.15, 0.2) is 60.7 Å². The summed E-state index contributed by atoms with van der Waals surface area (Å²) < 4.78 is 0. The highest BCUT2D eigenvalue weighted by Gasteiger charge is 2.20.